The van der Waals surface area contributed by atoms with Gasteiger partial charge in [0.15, 0.2) is 0 Å². The van der Waals surface area contributed by atoms with Gasteiger partial charge in [0, 0.05) is 24.3 Å². The molecule has 2 rings (SSSR count). The number of aromatic nitrogens is 2. The standard InChI is InChI=1S/C15H27N3O2/c1-11(2)10-20-14-7-13(15(14,3)4)17-12-8-16-18(9-12)5-6-19/h8-9,11,13-14,17,19H,5-7,10H2,1-4H3. The van der Waals surface area contributed by atoms with E-state index in [2.05, 4.69) is 38.1 Å². The Hall–Kier alpha value is -1.07. The quantitative estimate of drug-likeness (QED) is 0.804. The average molecular weight is 281 g/mol. The minimum absolute atomic E-state index is 0.112. The molecule has 5 nitrogen and oxygen atoms in total. The van der Waals surface area contributed by atoms with E-state index in [9.17, 15) is 0 Å². The van der Waals surface area contributed by atoms with Crippen LogP contribution in [0.25, 0.3) is 0 Å². The highest BCUT2D eigenvalue weighted by Gasteiger charge is 2.49. The molecule has 1 aliphatic rings. The van der Waals surface area contributed by atoms with E-state index >= 15 is 0 Å². The van der Waals surface area contributed by atoms with E-state index < -0.39 is 0 Å². The number of anilines is 1. The fourth-order valence-corrected chi connectivity index (χ4v) is 2.59. The Kier molecular flexibility index (Phi) is 4.70. The van der Waals surface area contributed by atoms with Crippen LogP contribution in [0.3, 0.4) is 0 Å². The second-order valence-corrected chi connectivity index (χ2v) is 6.69. The summed E-state index contributed by atoms with van der Waals surface area (Å²) in [5.41, 5.74) is 1.15. The van der Waals surface area contributed by atoms with Crippen molar-refractivity contribution >= 4 is 5.69 Å². The molecule has 1 aliphatic carbocycles. The zero-order valence-corrected chi connectivity index (χ0v) is 13.0. The molecule has 1 aromatic rings. The Morgan fingerprint density at radius 2 is 2.30 bits per heavy atom. The molecule has 0 radical (unpaired) electrons. The SMILES string of the molecule is CC(C)COC1CC(Nc2cnn(CCO)c2)C1(C)C. The smallest absolute Gasteiger partial charge is 0.0728 e. The molecule has 2 N–H and O–H groups in total. The normalized spacial score (nSPS) is 24.7. The Bertz CT molecular complexity index is 429. The molecule has 1 saturated carbocycles. The molecule has 0 aliphatic heterocycles. The Balaban J connectivity index is 1.85. The summed E-state index contributed by atoms with van der Waals surface area (Å²) in [6.07, 6.45) is 5.11. The lowest BCUT2D eigenvalue weighted by Crippen LogP contribution is -2.58. The molecule has 0 amide bonds. The van der Waals surface area contributed by atoms with Gasteiger partial charge in [-0.05, 0) is 12.3 Å². The molecular weight excluding hydrogens is 254 g/mol. The topological polar surface area (TPSA) is 59.3 Å². The molecule has 0 aromatic carbocycles. The third-order valence-electron chi connectivity index (χ3n) is 4.11. The van der Waals surface area contributed by atoms with Crippen molar-refractivity contribution in [3.05, 3.63) is 12.4 Å². The number of nitrogens with zero attached hydrogens (tertiary/aromatic N) is 2. The maximum Gasteiger partial charge on any atom is 0.0728 e. The van der Waals surface area contributed by atoms with E-state index in [1.54, 1.807) is 4.68 Å². The number of nitrogens with one attached hydrogen (secondary N) is 1. The monoisotopic (exact) mass is 281 g/mol. The van der Waals surface area contributed by atoms with E-state index in [1.807, 2.05) is 12.4 Å². The lowest BCUT2D eigenvalue weighted by Gasteiger charge is -2.52. The molecule has 20 heavy (non-hydrogen) atoms. The summed E-state index contributed by atoms with van der Waals surface area (Å²) >= 11 is 0. The maximum absolute atomic E-state index is 8.89. The van der Waals surface area contributed by atoms with Crippen molar-refractivity contribution in [2.24, 2.45) is 11.3 Å². The predicted molar refractivity (Wildman–Crippen MR) is 79.7 cm³/mol. The number of ether oxygens (including phenoxy) is 1. The summed E-state index contributed by atoms with van der Waals surface area (Å²) in [4.78, 5) is 0. The van der Waals surface area contributed by atoms with E-state index in [-0.39, 0.29) is 12.0 Å². The van der Waals surface area contributed by atoms with E-state index in [0.717, 1.165) is 18.7 Å². The van der Waals surface area contributed by atoms with Crippen molar-refractivity contribution in [3.63, 3.8) is 0 Å². The zero-order chi connectivity index (χ0) is 14.8. The van der Waals surface area contributed by atoms with Crippen LogP contribution in [0.2, 0.25) is 0 Å². The van der Waals surface area contributed by atoms with Gasteiger partial charge in [0.2, 0.25) is 0 Å². The molecule has 0 bridgehead atoms. The molecular formula is C15H27N3O2. The first-order valence-electron chi connectivity index (χ1n) is 7.45. The number of aliphatic hydroxyl groups is 1. The fraction of sp³-hybridized carbons (Fsp3) is 0.800. The van der Waals surface area contributed by atoms with Gasteiger partial charge >= 0.3 is 0 Å². The van der Waals surface area contributed by atoms with Crippen LogP contribution >= 0.6 is 0 Å². The molecule has 1 heterocycles. The van der Waals surface area contributed by atoms with Crippen LogP contribution in [0.1, 0.15) is 34.1 Å². The van der Waals surface area contributed by atoms with Gasteiger partial charge in [-0.25, -0.2) is 0 Å². The van der Waals surface area contributed by atoms with Gasteiger partial charge in [0.05, 0.1) is 31.1 Å². The number of aliphatic hydroxyl groups excluding tert-OH is 1. The highest BCUT2D eigenvalue weighted by Crippen LogP contribution is 2.44. The van der Waals surface area contributed by atoms with Gasteiger partial charge in [-0.2, -0.15) is 5.10 Å². The molecule has 0 saturated heterocycles. The van der Waals surface area contributed by atoms with Gasteiger partial charge in [-0.3, -0.25) is 4.68 Å². The van der Waals surface area contributed by atoms with Crippen LogP contribution in [0.15, 0.2) is 12.4 Å². The van der Waals surface area contributed by atoms with Crippen LogP contribution in [0, 0.1) is 11.3 Å². The largest absolute Gasteiger partial charge is 0.394 e. The first-order valence-corrected chi connectivity index (χ1v) is 7.45. The van der Waals surface area contributed by atoms with Gasteiger partial charge in [0.25, 0.3) is 0 Å². The van der Waals surface area contributed by atoms with Crippen LogP contribution in [0.5, 0.6) is 0 Å². The van der Waals surface area contributed by atoms with Gasteiger partial charge < -0.3 is 15.2 Å². The average Bonchev–Trinajstić information content (AvgIpc) is 2.80. The summed E-state index contributed by atoms with van der Waals surface area (Å²) in [5, 5.41) is 16.6. The van der Waals surface area contributed by atoms with Crippen molar-refractivity contribution in [2.45, 2.75) is 52.8 Å². The highest BCUT2D eigenvalue weighted by molar-refractivity contribution is 5.41. The molecule has 2 atom stereocenters. The van der Waals surface area contributed by atoms with Gasteiger partial charge in [-0.1, -0.05) is 27.7 Å². The van der Waals surface area contributed by atoms with Gasteiger partial charge in [0.1, 0.15) is 0 Å². The second-order valence-electron chi connectivity index (χ2n) is 6.69. The van der Waals surface area contributed by atoms with E-state index in [4.69, 9.17) is 9.84 Å². The van der Waals surface area contributed by atoms with Crippen LogP contribution in [-0.2, 0) is 11.3 Å². The third kappa shape index (κ3) is 3.33. The molecule has 2 unspecified atom stereocenters. The summed E-state index contributed by atoms with van der Waals surface area (Å²) in [5.74, 6) is 0.578. The Morgan fingerprint density at radius 3 is 2.90 bits per heavy atom. The maximum atomic E-state index is 8.89. The first kappa shape index (κ1) is 15.3. The van der Waals surface area contributed by atoms with Gasteiger partial charge in [-0.15, -0.1) is 0 Å². The minimum atomic E-state index is 0.112. The van der Waals surface area contributed by atoms with Crippen LogP contribution in [0.4, 0.5) is 5.69 Å². The van der Waals surface area contributed by atoms with Crippen molar-refractivity contribution in [1.82, 2.24) is 9.78 Å². The Morgan fingerprint density at radius 1 is 1.55 bits per heavy atom. The summed E-state index contributed by atoms with van der Waals surface area (Å²) in [6.45, 7) is 10.3. The van der Waals surface area contributed by atoms with Crippen molar-refractivity contribution in [2.75, 3.05) is 18.5 Å². The molecule has 1 fully saturated rings. The molecule has 1 aromatic heterocycles. The van der Waals surface area contributed by atoms with Crippen LogP contribution in [-0.4, -0.2) is 40.2 Å². The van der Waals surface area contributed by atoms with Crippen LogP contribution < -0.4 is 5.32 Å². The minimum Gasteiger partial charge on any atom is -0.394 e. The number of rotatable bonds is 7. The number of hydrogen-bond donors (Lipinski definition) is 2. The summed E-state index contributed by atoms with van der Waals surface area (Å²) in [7, 11) is 0. The lowest BCUT2D eigenvalue weighted by atomic mass is 9.64. The zero-order valence-electron chi connectivity index (χ0n) is 13.0. The molecule has 114 valence electrons. The van der Waals surface area contributed by atoms with Crippen molar-refractivity contribution in [1.29, 1.82) is 0 Å². The summed E-state index contributed by atoms with van der Waals surface area (Å²) < 4.78 is 7.72. The fourth-order valence-electron chi connectivity index (χ4n) is 2.59. The van der Waals surface area contributed by atoms with E-state index in [1.165, 1.54) is 0 Å². The molecule has 0 spiro atoms. The first-order chi connectivity index (χ1) is 9.43. The predicted octanol–water partition coefficient (Wildman–Crippen LogP) is 2.13. The van der Waals surface area contributed by atoms with E-state index in [0.29, 0.717) is 24.6 Å². The summed E-state index contributed by atoms with van der Waals surface area (Å²) in [6, 6.07) is 0.409. The second kappa shape index (κ2) is 6.14. The highest BCUT2D eigenvalue weighted by atomic mass is 16.5. The Labute approximate surface area is 121 Å². The third-order valence-corrected chi connectivity index (χ3v) is 4.11. The number of hydrogen-bond acceptors (Lipinski definition) is 4. The van der Waals surface area contributed by atoms with Crippen molar-refractivity contribution in [3.8, 4) is 0 Å². The van der Waals surface area contributed by atoms with Crippen molar-refractivity contribution < 1.29 is 9.84 Å². The molecule has 5 heteroatoms. The lowest BCUT2D eigenvalue weighted by molar-refractivity contribution is -0.108.